The van der Waals surface area contributed by atoms with Crippen LogP contribution in [-0.2, 0) is 6.42 Å². The summed E-state index contributed by atoms with van der Waals surface area (Å²) in [5.41, 5.74) is 7.21. The molecule has 0 unspecified atom stereocenters. The van der Waals surface area contributed by atoms with E-state index >= 15 is 0 Å². The van der Waals surface area contributed by atoms with Crippen molar-refractivity contribution >= 4 is 5.82 Å². The molecular formula is C14H15F2N3. The summed E-state index contributed by atoms with van der Waals surface area (Å²) < 4.78 is 27.7. The van der Waals surface area contributed by atoms with Gasteiger partial charge in [0, 0.05) is 11.1 Å². The van der Waals surface area contributed by atoms with Gasteiger partial charge in [0.05, 0.1) is 5.69 Å². The summed E-state index contributed by atoms with van der Waals surface area (Å²) in [6.07, 6.45) is 2.71. The van der Waals surface area contributed by atoms with Gasteiger partial charge in [-0.1, -0.05) is 19.4 Å². The number of halogens is 2. The third kappa shape index (κ3) is 2.41. The fourth-order valence-corrected chi connectivity index (χ4v) is 1.98. The van der Waals surface area contributed by atoms with Crippen LogP contribution >= 0.6 is 0 Å². The Morgan fingerprint density at radius 1 is 1.16 bits per heavy atom. The summed E-state index contributed by atoms with van der Waals surface area (Å²) in [6.45, 7) is 3.49. The van der Waals surface area contributed by atoms with Crippen LogP contribution in [0, 0.1) is 18.6 Å². The number of benzene rings is 1. The molecule has 1 aromatic carbocycles. The first-order valence-corrected chi connectivity index (χ1v) is 6.10. The first kappa shape index (κ1) is 13.4. The van der Waals surface area contributed by atoms with Gasteiger partial charge >= 0.3 is 0 Å². The Bertz CT molecular complexity index is 612. The van der Waals surface area contributed by atoms with Crippen molar-refractivity contribution in [2.45, 2.75) is 26.7 Å². The largest absolute Gasteiger partial charge is 0.383 e. The second-order valence-corrected chi connectivity index (χ2v) is 4.39. The molecule has 3 nitrogen and oxygen atoms in total. The molecule has 0 aliphatic heterocycles. The van der Waals surface area contributed by atoms with Gasteiger partial charge in [-0.3, -0.25) is 0 Å². The number of hydrogen-bond acceptors (Lipinski definition) is 3. The Kier molecular flexibility index (Phi) is 3.74. The van der Waals surface area contributed by atoms with Crippen molar-refractivity contribution in [3.05, 3.63) is 41.2 Å². The van der Waals surface area contributed by atoms with Crippen LogP contribution in [0.5, 0.6) is 0 Å². The minimum Gasteiger partial charge on any atom is -0.383 e. The molecule has 0 spiro atoms. The number of nitrogens with zero attached hydrogens (tertiary/aromatic N) is 2. The van der Waals surface area contributed by atoms with Crippen LogP contribution in [0.4, 0.5) is 14.6 Å². The van der Waals surface area contributed by atoms with Crippen molar-refractivity contribution in [1.29, 1.82) is 0 Å². The number of aryl methyl sites for hydroxylation is 1. The maximum absolute atomic E-state index is 14.0. The van der Waals surface area contributed by atoms with Crippen molar-refractivity contribution in [2.24, 2.45) is 0 Å². The maximum Gasteiger partial charge on any atom is 0.168 e. The van der Waals surface area contributed by atoms with Crippen LogP contribution < -0.4 is 5.73 Å². The number of nitrogens with two attached hydrogens (primary N) is 1. The Morgan fingerprint density at radius 2 is 1.89 bits per heavy atom. The molecular weight excluding hydrogens is 248 g/mol. The van der Waals surface area contributed by atoms with E-state index in [9.17, 15) is 8.78 Å². The molecule has 0 saturated heterocycles. The van der Waals surface area contributed by atoms with Crippen molar-refractivity contribution in [3.8, 4) is 11.3 Å². The molecule has 0 fully saturated rings. The summed E-state index contributed by atoms with van der Waals surface area (Å²) >= 11 is 0. The molecule has 0 aliphatic carbocycles. The normalized spacial score (nSPS) is 10.7. The van der Waals surface area contributed by atoms with E-state index < -0.39 is 11.6 Å². The third-order valence-corrected chi connectivity index (χ3v) is 3.01. The predicted octanol–water partition coefficient (Wildman–Crippen LogP) is 3.26. The van der Waals surface area contributed by atoms with Gasteiger partial charge in [0.15, 0.2) is 11.6 Å². The fraction of sp³-hybridized carbons (Fsp3) is 0.286. The van der Waals surface area contributed by atoms with Crippen LogP contribution in [0.2, 0.25) is 0 Å². The van der Waals surface area contributed by atoms with Gasteiger partial charge in [-0.25, -0.2) is 18.7 Å². The van der Waals surface area contributed by atoms with Gasteiger partial charge in [-0.2, -0.15) is 0 Å². The number of nitrogen functional groups attached to an aromatic ring is 1. The molecule has 0 saturated carbocycles. The zero-order valence-corrected chi connectivity index (χ0v) is 10.9. The number of hydrogen-bond donors (Lipinski definition) is 1. The highest BCUT2D eigenvalue weighted by Crippen LogP contribution is 2.29. The van der Waals surface area contributed by atoms with E-state index in [2.05, 4.69) is 9.97 Å². The van der Waals surface area contributed by atoms with Gasteiger partial charge in [0.25, 0.3) is 0 Å². The number of anilines is 1. The Labute approximate surface area is 110 Å². The van der Waals surface area contributed by atoms with Crippen molar-refractivity contribution in [1.82, 2.24) is 9.97 Å². The lowest BCUT2D eigenvalue weighted by Gasteiger charge is -2.11. The van der Waals surface area contributed by atoms with E-state index in [4.69, 9.17) is 5.73 Å². The predicted molar refractivity (Wildman–Crippen MR) is 70.5 cm³/mol. The lowest BCUT2D eigenvalue weighted by Crippen LogP contribution is -2.04. The summed E-state index contributed by atoms with van der Waals surface area (Å²) in [7, 11) is 0. The Morgan fingerprint density at radius 3 is 2.58 bits per heavy atom. The molecule has 1 heterocycles. The molecule has 2 N–H and O–H groups in total. The SMILES string of the molecule is CCCc1c(N)ncnc1-c1ccc(C)c(F)c1F. The second-order valence-electron chi connectivity index (χ2n) is 4.39. The second kappa shape index (κ2) is 5.30. The lowest BCUT2D eigenvalue weighted by molar-refractivity contribution is 0.505. The fourth-order valence-electron chi connectivity index (χ4n) is 1.98. The summed E-state index contributed by atoms with van der Waals surface area (Å²) in [6, 6.07) is 3.05. The third-order valence-electron chi connectivity index (χ3n) is 3.01. The van der Waals surface area contributed by atoms with E-state index in [0.29, 0.717) is 23.5 Å². The van der Waals surface area contributed by atoms with E-state index in [-0.39, 0.29) is 11.1 Å². The molecule has 0 bridgehead atoms. The van der Waals surface area contributed by atoms with Crippen LogP contribution in [0.1, 0.15) is 24.5 Å². The van der Waals surface area contributed by atoms with E-state index in [1.165, 1.54) is 25.4 Å². The number of rotatable bonds is 3. The highest BCUT2D eigenvalue weighted by atomic mass is 19.2. The smallest absolute Gasteiger partial charge is 0.168 e. The van der Waals surface area contributed by atoms with Crippen LogP contribution in [0.15, 0.2) is 18.5 Å². The standard InChI is InChI=1S/C14H15F2N3/c1-3-4-10-13(18-7-19-14(10)17)9-6-5-8(2)11(15)12(9)16/h5-7H,3-4H2,1-2H3,(H2,17,18,19). The van der Waals surface area contributed by atoms with Crippen LogP contribution in [0.25, 0.3) is 11.3 Å². The Hall–Kier alpha value is -2.04. The van der Waals surface area contributed by atoms with Crippen molar-refractivity contribution in [2.75, 3.05) is 5.73 Å². The van der Waals surface area contributed by atoms with E-state index in [0.717, 1.165) is 6.42 Å². The lowest BCUT2D eigenvalue weighted by atomic mass is 10.0. The molecule has 5 heteroatoms. The van der Waals surface area contributed by atoms with Gasteiger partial charge in [0.2, 0.25) is 0 Å². The van der Waals surface area contributed by atoms with Crippen molar-refractivity contribution in [3.63, 3.8) is 0 Å². The summed E-state index contributed by atoms with van der Waals surface area (Å²) in [5.74, 6) is -1.43. The molecule has 0 aliphatic rings. The van der Waals surface area contributed by atoms with Crippen LogP contribution in [-0.4, -0.2) is 9.97 Å². The molecule has 1 aromatic heterocycles. The van der Waals surface area contributed by atoms with Gasteiger partial charge in [-0.15, -0.1) is 0 Å². The maximum atomic E-state index is 14.0. The molecule has 0 atom stereocenters. The summed E-state index contributed by atoms with van der Waals surface area (Å²) in [4.78, 5) is 7.97. The number of aromatic nitrogens is 2. The highest BCUT2D eigenvalue weighted by Gasteiger charge is 2.17. The highest BCUT2D eigenvalue weighted by molar-refractivity contribution is 5.68. The van der Waals surface area contributed by atoms with Gasteiger partial charge in [-0.05, 0) is 25.0 Å². The molecule has 2 aromatic rings. The van der Waals surface area contributed by atoms with Crippen molar-refractivity contribution < 1.29 is 8.78 Å². The molecule has 0 amide bonds. The van der Waals surface area contributed by atoms with E-state index in [1.54, 1.807) is 0 Å². The average molecular weight is 263 g/mol. The zero-order valence-electron chi connectivity index (χ0n) is 10.9. The monoisotopic (exact) mass is 263 g/mol. The quantitative estimate of drug-likeness (QED) is 0.924. The van der Waals surface area contributed by atoms with E-state index in [1.807, 2.05) is 6.92 Å². The minimum atomic E-state index is -0.893. The molecule has 0 radical (unpaired) electrons. The first-order valence-electron chi connectivity index (χ1n) is 6.10. The molecule has 19 heavy (non-hydrogen) atoms. The summed E-state index contributed by atoms with van der Waals surface area (Å²) in [5, 5.41) is 0. The average Bonchev–Trinajstić information content (AvgIpc) is 2.39. The zero-order chi connectivity index (χ0) is 14.0. The van der Waals surface area contributed by atoms with Gasteiger partial charge < -0.3 is 5.73 Å². The first-order chi connectivity index (χ1) is 9.06. The molecule has 2 rings (SSSR count). The van der Waals surface area contributed by atoms with Gasteiger partial charge in [0.1, 0.15) is 12.1 Å². The molecule has 100 valence electrons. The Balaban J connectivity index is 2.65. The topological polar surface area (TPSA) is 51.8 Å². The minimum absolute atomic E-state index is 0.126. The van der Waals surface area contributed by atoms with Crippen LogP contribution in [0.3, 0.4) is 0 Å².